The van der Waals surface area contributed by atoms with Crippen molar-refractivity contribution >= 4 is 5.97 Å². The fourth-order valence-corrected chi connectivity index (χ4v) is 1.32. The van der Waals surface area contributed by atoms with Gasteiger partial charge < -0.3 is 4.74 Å². The van der Waals surface area contributed by atoms with Gasteiger partial charge >= 0.3 is 5.97 Å². The molecule has 0 amide bonds. The molecule has 1 aliphatic rings. The largest absolute Gasteiger partial charge is 0.465 e. The minimum Gasteiger partial charge on any atom is -0.465 e. The monoisotopic (exact) mass is 192 g/mol. The summed E-state index contributed by atoms with van der Waals surface area (Å²) >= 11 is 0. The molecule has 1 unspecified atom stereocenters. The molecular formula is C12H16O2. The summed E-state index contributed by atoms with van der Waals surface area (Å²) in [4.78, 5) is 11.5. The summed E-state index contributed by atoms with van der Waals surface area (Å²) in [6, 6.07) is 0. The fraction of sp³-hybridized carbons (Fsp3) is 0.417. The molecule has 1 rings (SSSR count). The Balaban J connectivity index is 2.81. The molecule has 0 radical (unpaired) electrons. The molecule has 2 nitrogen and oxygen atoms in total. The number of hydrogen-bond acceptors (Lipinski definition) is 2. The van der Waals surface area contributed by atoms with E-state index >= 15 is 0 Å². The van der Waals surface area contributed by atoms with Crippen molar-refractivity contribution in [1.29, 1.82) is 0 Å². The zero-order valence-corrected chi connectivity index (χ0v) is 8.91. The number of carbonyl (C=O) groups is 1. The molecule has 0 N–H and O–H groups in total. The third-order valence-corrected chi connectivity index (χ3v) is 2.19. The standard InChI is InChI=1S/C12H16O2/c1-4-14-12(13)11-8-6-9(2)5-7-10(11)3/h5-8,11H,4H2,1-3H3. The molecule has 1 aliphatic carbocycles. The first-order valence-electron chi connectivity index (χ1n) is 4.85. The van der Waals surface area contributed by atoms with Crippen molar-refractivity contribution in [1.82, 2.24) is 0 Å². The Morgan fingerprint density at radius 1 is 1.43 bits per heavy atom. The molecule has 0 aliphatic heterocycles. The Labute approximate surface area is 85.0 Å². The minimum absolute atomic E-state index is 0.166. The number of allylic oxidation sites excluding steroid dienone is 4. The van der Waals surface area contributed by atoms with Crippen molar-refractivity contribution in [2.45, 2.75) is 20.8 Å². The lowest BCUT2D eigenvalue weighted by atomic mass is 10.0. The number of rotatable bonds is 2. The zero-order valence-electron chi connectivity index (χ0n) is 8.91. The topological polar surface area (TPSA) is 26.3 Å². The SMILES string of the molecule is CCOC(=O)C1C=CC(C)=CC=C1C. The molecule has 0 aromatic carbocycles. The minimum atomic E-state index is -0.219. The van der Waals surface area contributed by atoms with Crippen LogP contribution in [0.15, 0.2) is 35.5 Å². The second kappa shape index (κ2) is 4.80. The molecular weight excluding hydrogens is 176 g/mol. The normalized spacial score (nSPS) is 20.9. The smallest absolute Gasteiger partial charge is 0.316 e. The maximum Gasteiger partial charge on any atom is 0.316 e. The van der Waals surface area contributed by atoms with Crippen LogP contribution in [0.1, 0.15) is 20.8 Å². The van der Waals surface area contributed by atoms with E-state index in [9.17, 15) is 4.79 Å². The summed E-state index contributed by atoms with van der Waals surface area (Å²) in [5.74, 6) is -0.385. The maximum absolute atomic E-state index is 11.5. The van der Waals surface area contributed by atoms with Crippen LogP contribution in [0.5, 0.6) is 0 Å². The van der Waals surface area contributed by atoms with Crippen LogP contribution in [0.4, 0.5) is 0 Å². The fourth-order valence-electron chi connectivity index (χ4n) is 1.32. The van der Waals surface area contributed by atoms with Crippen molar-refractivity contribution < 1.29 is 9.53 Å². The van der Waals surface area contributed by atoms with Crippen molar-refractivity contribution in [2.75, 3.05) is 6.61 Å². The summed E-state index contributed by atoms with van der Waals surface area (Å²) in [5, 5.41) is 0. The van der Waals surface area contributed by atoms with Gasteiger partial charge in [0.1, 0.15) is 0 Å². The molecule has 0 saturated heterocycles. The first-order chi connectivity index (χ1) is 6.65. The van der Waals surface area contributed by atoms with Crippen molar-refractivity contribution in [3.63, 3.8) is 0 Å². The van der Waals surface area contributed by atoms with Gasteiger partial charge in [-0.15, -0.1) is 0 Å². The molecule has 14 heavy (non-hydrogen) atoms. The van der Waals surface area contributed by atoms with Crippen LogP contribution < -0.4 is 0 Å². The molecule has 0 aromatic heterocycles. The van der Waals surface area contributed by atoms with Gasteiger partial charge in [-0.3, -0.25) is 4.79 Å². The van der Waals surface area contributed by atoms with Crippen LogP contribution in [0.25, 0.3) is 0 Å². The number of hydrogen-bond donors (Lipinski definition) is 0. The van der Waals surface area contributed by atoms with Crippen LogP contribution >= 0.6 is 0 Å². The highest BCUT2D eigenvalue weighted by Crippen LogP contribution is 2.18. The molecule has 1 atom stereocenters. The predicted octanol–water partition coefficient (Wildman–Crippen LogP) is 2.63. The average Bonchev–Trinajstić information content (AvgIpc) is 2.30. The molecule has 0 bridgehead atoms. The summed E-state index contributed by atoms with van der Waals surface area (Å²) < 4.78 is 4.99. The summed E-state index contributed by atoms with van der Waals surface area (Å²) in [6.07, 6.45) is 7.82. The van der Waals surface area contributed by atoms with E-state index in [2.05, 4.69) is 0 Å². The van der Waals surface area contributed by atoms with E-state index in [0.29, 0.717) is 6.61 Å². The molecule has 76 valence electrons. The zero-order chi connectivity index (χ0) is 10.6. The van der Waals surface area contributed by atoms with Crippen LogP contribution in [0.3, 0.4) is 0 Å². The van der Waals surface area contributed by atoms with E-state index in [1.807, 2.05) is 45.1 Å². The van der Waals surface area contributed by atoms with Gasteiger partial charge in [-0.1, -0.05) is 35.5 Å². The van der Waals surface area contributed by atoms with Crippen LogP contribution in [-0.4, -0.2) is 12.6 Å². The van der Waals surface area contributed by atoms with Gasteiger partial charge in [0.15, 0.2) is 0 Å². The van der Waals surface area contributed by atoms with Gasteiger partial charge in [0.05, 0.1) is 12.5 Å². The number of carbonyl (C=O) groups excluding carboxylic acids is 1. The van der Waals surface area contributed by atoms with E-state index < -0.39 is 0 Å². The highest BCUT2D eigenvalue weighted by molar-refractivity contribution is 5.78. The molecule has 0 fully saturated rings. The summed E-state index contributed by atoms with van der Waals surface area (Å²) in [6.45, 7) is 6.21. The number of esters is 1. The lowest BCUT2D eigenvalue weighted by molar-refractivity contribution is -0.145. The Hall–Kier alpha value is -1.31. The van der Waals surface area contributed by atoms with E-state index in [0.717, 1.165) is 11.1 Å². The third-order valence-electron chi connectivity index (χ3n) is 2.19. The predicted molar refractivity (Wildman–Crippen MR) is 56.8 cm³/mol. The van der Waals surface area contributed by atoms with Gasteiger partial charge in [0, 0.05) is 0 Å². The Morgan fingerprint density at radius 2 is 2.14 bits per heavy atom. The highest BCUT2D eigenvalue weighted by Gasteiger charge is 2.18. The Morgan fingerprint density at radius 3 is 2.79 bits per heavy atom. The third kappa shape index (κ3) is 2.59. The molecule has 0 spiro atoms. The van der Waals surface area contributed by atoms with Gasteiger partial charge in [-0.25, -0.2) is 0 Å². The van der Waals surface area contributed by atoms with E-state index in [4.69, 9.17) is 4.74 Å². The quantitative estimate of drug-likeness (QED) is 0.629. The highest BCUT2D eigenvalue weighted by atomic mass is 16.5. The summed E-state index contributed by atoms with van der Waals surface area (Å²) in [5.41, 5.74) is 2.17. The number of ether oxygens (including phenoxy) is 1. The molecule has 0 heterocycles. The van der Waals surface area contributed by atoms with Gasteiger partial charge in [-0.05, 0) is 20.8 Å². The molecule has 0 aromatic rings. The van der Waals surface area contributed by atoms with Crippen LogP contribution in [-0.2, 0) is 9.53 Å². The first kappa shape index (κ1) is 10.8. The first-order valence-corrected chi connectivity index (χ1v) is 4.85. The van der Waals surface area contributed by atoms with Crippen molar-refractivity contribution in [2.24, 2.45) is 5.92 Å². The Bertz CT molecular complexity index is 308. The van der Waals surface area contributed by atoms with Crippen LogP contribution in [0.2, 0.25) is 0 Å². The second-order valence-electron chi connectivity index (χ2n) is 3.41. The van der Waals surface area contributed by atoms with Crippen molar-refractivity contribution in [3.8, 4) is 0 Å². The lowest BCUT2D eigenvalue weighted by Gasteiger charge is -2.10. The van der Waals surface area contributed by atoms with E-state index in [-0.39, 0.29) is 11.9 Å². The average molecular weight is 192 g/mol. The summed E-state index contributed by atoms with van der Waals surface area (Å²) in [7, 11) is 0. The molecule has 0 saturated carbocycles. The lowest BCUT2D eigenvalue weighted by Crippen LogP contribution is -2.16. The van der Waals surface area contributed by atoms with E-state index in [1.54, 1.807) is 0 Å². The maximum atomic E-state index is 11.5. The van der Waals surface area contributed by atoms with Gasteiger partial charge in [-0.2, -0.15) is 0 Å². The van der Waals surface area contributed by atoms with Crippen molar-refractivity contribution in [3.05, 3.63) is 35.5 Å². The Kier molecular flexibility index (Phi) is 3.69. The van der Waals surface area contributed by atoms with E-state index in [1.165, 1.54) is 0 Å². The molecule has 2 heteroatoms. The van der Waals surface area contributed by atoms with Gasteiger partial charge in [0.25, 0.3) is 0 Å². The van der Waals surface area contributed by atoms with Gasteiger partial charge in [0.2, 0.25) is 0 Å². The van der Waals surface area contributed by atoms with Crippen LogP contribution in [0, 0.1) is 5.92 Å². The second-order valence-corrected chi connectivity index (χ2v) is 3.41.